The minimum atomic E-state index is -0.0510. The van der Waals surface area contributed by atoms with Gasteiger partial charge in [0.05, 0.1) is 11.9 Å². The van der Waals surface area contributed by atoms with Crippen molar-refractivity contribution in [2.45, 2.75) is 24.8 Å². The van der Waals surface area contributed by atoms with Crippen LogP contribution >= 0.6 is 15.9 Å². The quantitative estimate of drug-likeness (QED) is 0.786. The molecule has 0 unspecified atom stereocenters. The lowest BCUT2D eigenvalue weighted by atomic mass is 9.87. The Morgan fingerprint density at radius 3 is 2.77 bits per heavy atom. The number of amides is 2. The third kappa shape index (κ3) is 2.39. The van der Waals surface area contributed by atoms with Gasteiger partial charge in [0.1, 0.15) is 4.60 Å². The highest BCUT2D eigenvalue weighted by Gasteiger charge is 2.49. The first kappa shape index (κ1) is 13.8. The third-order valence-electron chi connectivity index (χ3n) is 4.56. The predicted octanol–water partition coefficient (Wildman–Crippen LogP) is 3.92. The van der Waals surface area contributed by atoms with E-state index in [4.69, 9.17) is 0 Å². The normalized spacial score (nSPS) is 18.0. The number of urea groups is 1. The number of hydrogen-bond donors (Lipinski definition) is 1. The number of anilines is 1. The van der Waals surface area contributed by atoms with Crippen LogP contribution in [0.5, 0.6) is 0 Å². The number of hydrogen-bond acceptors (Lipinski definition) is 2. The van der Waals surface area contributed by atoms with Gasteiger partial charge in [0.25, 0.3) is 0 Å². The smallest absolute Gasteiger partial charge is 0.319 e. The van der Waals surface area contributed by atoms with Crippen LogP contribution in [0.4, 0.5) is 10.5 Å². The summed E-state index contributed by atoms with van der Waals surface area (Å²) in [7, 11) is 0. The van der Waals surface area contributed by atoms with Crippen molar-refractivity contribution >= 4 is 27.6 Å². The average Bonchev–Trinajstić information content (AvgIpc) is 3.29. The van der Waals surface area contributed by atoms with Crippen molar-refractivity contribution in [2.24, 2.45) is 0 Å². The minimum Gasteiger partial charge on any atom is -0.319 e. The Morgan fingerprint density at radius 1 is 1.23 bits per heavy atom. The maximum absolute atomic E-state index is 12.6. The predicted molar refractivity (Wildman–Crippen MR) is 88.7 cm³/mol. The Balaban J connectivity index is 1.54. The van der Waals surface area contributed by atoms with Crippen molar-refractivity contribution in [1.29, 1.82) is 0 Å². The minimum absolute atomic E-state index is 0.0510. The van der Waals surface area contributed by atoms with Gasteiger partial charge < -0.3 is 10.2 Å². The molecule has 5 heteroatoms. The lowest BCUT2D eigenvalue weighted by Gasteiger charge is -2.35. The Labute approximate surface area is 137 Å². The van der Waals surface area contributed by atoms with Crippen LogP contribution in [0.15, 0.2) is 47.2 Å². The highest BCUT2D eigenvalue weighted by molar-refractivity contribution is 9.10. The number of carbonyl (C=O) groups excluding carboxylic acids is 1. The van der Waals surface area contributed by atoms with Gasteiger partial charge in [0.2, 0.25) is 0 Å². The fourth-order valence-corrected chi connectivity index (χ4v) is 3.50. The number of carbonyl (C=O) groups is 1. The third-order valence-corrected chi connectivity index (χ3v) is 5.03. The largest absolute Gasteiger partial charge is 0.322 e. The second-order valence-corrected chi connectivity index (χ2v) is 6.91. The lowest BCUT2D eigenvalue weighted by molar-refractivity contribution is 0.197. The number of halogens is 1. The molecule has 0 radical (unpaired) electrons. The molecule has 2 aromatic rings. The number of fused-ring (bicyclic) bond motifs is 2. The van der Waals surface area contributed by atoms with Crippen molar-refractivity contribution in [3.05, 3.63) is 58.3 Å². The number of pyridine rings is 1. The summed E-state index contributed by atoms with van der Waals surface area (Å²) >= 11 is 3.30. The number of benzene rings is 1. The van der Waals surface area contributed by atoms with Gasteiger partial charge in [0, 0.05) is 18.5 Å². The molecule has 1 N–H and O–H groups in total. The van der Waals surface area contributed by atoms with Crippen LogP contribution in [0.2, 0.25) is 0 Å². The molecule has 1 aromatic carbocycles. The summed E-state index contributed by atoms with van der Waals surface area (Å²) in [6.07, 6.45) is 4.01. The molecule has 1 aromatic heterocycles. The van der Waals surface area contributed by atoms with Gasteiger partial charge in [-0.05, 0) is 52.0 Å². The van der Waals surface area contributed by atoms with E-state index in [9.17, 15) is 4.79 Å². The van der Waals surface area contributed by atoms with E-state index in [0.717, 1.165) is 16.8 Å². The standard InChI is InChI=1S/C17H16BrN3O/c18-15-6-5-13(9-19-15)20-16(22)21-10-12-3-1-2-4-14(12)17(11-21)7-8-17/h1-6,9H,7-8,10-11H2,(H,20,22). The molecular formula is C17H16BrN3O. The molecule has 22 heavy (non-hydrogen) atoms. The maximum atomic E-state index is 12.6. The molecule has 112 valence electrons. The number of rotatable bonds is 1. The van der Waals surface area contributed by atoms with Crippen LogP contribution in [0, 0.1) is 0 Å². The van der Waals surface area contributed by atoms with Gasteiger partial charge >= 0.3 is 6.03 Å². The van der Waals surface area contributed by atoms with E-state index in [-0.39, 0.29) is 11.4 Å². The molecule has 1 aliphatic carbocycles. The first-order valence-corrected chi connectivity index (χ1v) is 8.21. The Morgan fingerprint density at radius 2 is 2.05 bits per heavy atom. The van der Waals surface area contributed by atoms with Crippen molar-refractivity contribution in [3.63, 3.8) is 0 Å². The Hall–Kier alpha value is -1.88. The van der Waals surface area contributed by atoms with Crippen LogP contribution < -0.4 is 5.32 Å². The zero-order valence-corrected chi connectivity index (χ0v) is 13.6. The molecule has 1 fully saturated rings. The van der Waals surface area contributed by atoms with Crippen molar-refractivity contribution in [1.82, 2.24) is 9.88 Å². The van der Waals surface area contributed by atoms with E-state index in [2.05, 4.69) is 50.5 Å². The monoisotopic (exact) mass is 357 g/mol. The fraction of sp³-hybridized carbons (Fsp3) is 0.294. The second kappa shape index (κ2) is 5.09. The zero-order valence-electron chi connectivity index (χ0n) is 12.1. The summed E-state index contributed by atoms with van der Waals surface area (Å²) < 4.78 is 0.759. The molecule has 1 spiro atoms. The fourth-order valence-electron chi connectivity index (χ4n) is 3.26. The molecule has 1 aliphatic heterocycles. The summed E-state index contributed by atoms with van der Waals surface area (Å²) in [6.45, 7) is 1.48. The molecule has 4 nitrogen and oxygen atoms in total. The Bertz CT molecular complexity index is 725. The van der Waals surface area contributed by atoms with E-state index in [1.165, 1.54) is 24.0 Å². The SMILES string of the molecule is O=C(Nc1ccc(Br)nc1)N1Cc2ccccc2C2(CC2)C1. The summed E-state index contributed by atoms with van der Waals surface area (Å²) in [5.74, 6) is 0. The summed E-state index contributed by atoms with van der Waals surface area (Å²) in [5, 5.41) is 2.94. The number of nitrogens with zero attached hydrogens (tertiary/aromatic N) is 2. The lowest BCUT2D eigenvalue weighted by Crippen LogP contribution is -2.43. The van der Waals surface area contributed by atoms with Crippen molar-refractivity contribution < 1.29 is 4.79 Å². The van der Waals surface area contributed by atoms with Crippen molar-refractivity contribution in [3.8, 4) is 0 Å². The van der Waals surface area contributed by atoms with Crippen LogP contribution in [-0.4, -0.2) is 22.5 Å². The van der Waals surface area contributed by atoms with Gasteiger partial charge in [-0.3, -0.25) is 0 Å². The van der Waals surface area contributed by atoms with Gasteiger partial charge in [-0.25, -0.2) is 9.78 Å². The Kier molecular flexibility index (Phi) is 3.18. The highest BCUT2D eigenvalue weighted by atomic mass is 79.9. The molecule has 0 bridgehead atoms. The van der Waals surface area contributed by atoms with Gasteiger partial charge in [-0.2, -0.15) is 0 Å². The molecule has 1 saturated carbocycles. The molecule has 2 amide bonds. The second-order valence-electron chi connectivity index (χ2n) is 6.09. The van der Waals surface area contributed by atoms with E-state index in [1.807, 2.05) is 17.0 Å². The van der Waals surface area contributed by atoms with E-state index in [0.29, 0.717) is 6.54 Å². The zero-order chi connectivity index (χ0) is 15.2. The van der Waals surface area contributed by atoms with Crippen LogP contribution in [-0.2, 0) is 12.0 Å². The molecule has 2 heterocycles. The van der Waals surface area contributed by atoms with Crippen LogP contribution in [0.1, 0.15) is 24.0 Å². The van der Waals surface area contributed by atoms with E-state index >= 15 is 0 Å². The molecule has 0 saturated heterocycles. The summed E-state index contributed by atoms with van der Waals surface area (Å²) in [5.41, 5.74) is 3.63. The van der Waals surface area contributed by atoms with Gasteiger partial charge in [0.15, 0.2) is 0 Å². The number of nitrogens with one attached hydrogen (secondary N) is 1. The highest BCUT2D eigenvalue weighted by Crippen LogP contribution is 2.52. The van der Waals surface area contributed by atoms with E-state index < -0.39 is 0 Å². The first-order valence-electron chi connectivity index (χ1n) is 7.42. The topological polar surface area (TPSA) is 45.2 Å². The van der Waals surface area contributed by atoms with Gasteiger partial charge in [-0.15, -0.1) is 0 Å². The van der Waals surface area contributed by atoms with Gasteiger partial charge in [-0.1, -0.05) is 24.3 Å². The average molecular weight is 358 g/mol. The van der Waals surface area contributed by atoms with Crippen LogP contribution in [0.25, 0.3) is 0 Å². The van der Waals surface area contributed by atoms with E-state index in [1.54, 1.807) is 6.20 Å². The summed E-state index contributed by atoms with van der Waals surface area (Å²) in [4.78, 5) is 18.6. The maximum Gasteiger partial charge on any atom is 0.322 e. The molecular weight excluding hydrogens is 342 g/mol. The van der Waals surface area contributed by atoms with Crippen molar-refractivity contribution in [2.75, 3.05) is 11.9 Å². The molecule has 4 rings (SSSR count). The number of aromatic nitrogens is 1. The molecule has 2 aliphatic rings. The molecule has 0 atom stereocenters. The summed E-state index contributed by atoms with van der Waals surface area (Å²) in [6, 6.07) is 12.1. The van der Waals surface area contributed by atoms with Crippen LogP contribution in [0.3, 0.4) is 0 Å². The first-order chi connectivity index (χ1) is 10.7.